The van der Waals surface area contributed by atoms with Gasteiger partial charge in [0.2, 0.25) is 10.0 Å². The van der Waals surface area contributed by atoms with Crippen molar-refractivity contribution in [1.82, 2.24) is 0 Å². The molecule has 6 heteroatoms. The lowest BCUT2D eigenvalue weighted by Gasteiger charge is -2.16. The third-order valence-corrected chi connectivity index (χ3v) is 3.53. The molecule has 0 fully saturated rings. The van der Waals surface area contributed by atoms with Crippen LogP contribution in [0.4, 0.5) is 5.69 Å². The van der Waals surface area contributed by atoms with E-state index in [-0.39, 0.29) is 5.78 Å². The van der Waals surface area contributed by atoms with Crippen LogP contribution < -0.4 is 4.72 Å². The molecule has 0 radical (unpaired) electrons. The van der Waals surface area contributed by atoms with Crippen LogP contribution in [0.15, 0.2) is 22.7 Å². The van der Waals surface area contributed by atoms with Gasteiger partial charge in [-0.05, 0) is 18.2 Å². The first-order valence-electron chi connectivity index (χ1n) is 3.81. The molecule has 1 aromatic carbocycles. The van der Waals surface area contributed by atoms with Gasteiger partial charge in [-0.1, -0.05) is 15.9 Å². The average Bonchev–Trinajstić information content (AvgIpc) is 2.05. The lowest BCUT2D eigenvalue weighted by molar-refractivity contribution is 0.102. The van der Waals surface area contributed by atoms with Gasteiger partial charge in [-0.3, -0.25) is 9.52 Å². The SMILES string of the molecule is O=C1CS(=O)(=O)Nc2ccc(Br)cc21. The molecule has 1 heterocycles. The van der Waals surface area contributed by atoms with Gasteiger partial charge in [-0.2, -0.15) is 0 Å². The Bertz CT molecular complexity index is 509. The summed E-state index contributed by atoms with van der Waals surface area (Å²) >= 11 is 3.22. The summed E-state index contributed by atoms with van der Waals surface area (Å²) in [5.74, 6) is -0.851. The number of hydrogen-bond donors (Lipinski definition) is 1. The summed E-state index contributed by atoms with van der Waals surface area (Å²) in [6.45, 7) is 0. The Balaban J connectivity index is 2.62. The standard InChI is InChI=1S/C8H6BrNO3S/c9-5-1-2-7-6(3-5)8(11)4-14(12,13)10-7/h1-3,10H,4H2. The Morgan fingerprint density at radius 1 is 1.36 bits per heavy atom. The summed E-state index contributed by atoms with van der Waals surface area (Å²) in [4.78, 5) is 11.4. The fraction of sp³-hybridized carbons (Fsp3) is 0.125. The van der Waals surface area contributed by atoms with Crippen molar-refractivity contribution in [3.05, 3.63) is 28.2 Å². The molecule has 1 aliphatic rings. The zero-order valence-electron chi connectivity index (χ0n) is 6.95. The summed E-state index contributed by atoms with van der Waals surface area (Å²) < 4.78 is 25.4. The van der Waals surface area contributed by atoms with Gasteiger partial charge in [0.15, 0.2) is 5.78 Å². The topological polar surface area (TPSA) is 63.2 Å². The van der Waals surface area contributed by atoms with Crippen molar-refractivity contribution in [2.75, 3.05) is 10.5 Å². The quantitative estimate of drug-likeness (QED) is 0.778. The molecule has 1 aromatic rings. The molecule has 0 atom stereocenters. The fourth-order valence-electron chi connectivity index (χ4n) is 1.29. The molecule has 1 N–H and O–H groups in total. The molecule has 0 aliphatic carbocycles. The van der Waals surface area contributed by atoms with Gasteiger partial charge in [0, 0.05) is 10.0 Å². The minimum absolute atomic E-state index is 0.351. The molecule has 0 bridgehead atoms. The van der Waals surface area contributed by atoms with Gasteiger partial charge < -0.3 is 0 Å². The third-order valence-electron chi connectivity index (χ3n) is 1.87. The molecule has 4 nitrogen and oxygen atoms in total. The Hall–Kier alpha value is -0.880. The van der Waals surface area contributed by atoms with Gasteiger partial charge in [-0.15, -0.1) is 0 Å². The van der Waals surface area contributed by atoms with E-state index in [2.05, 4.69) is 20.7 Å². The molecule has 0 aromatic heterocycles. The van der Waals surface area contributed by atoms with E-state index in [0.29, 0.717) is 11.3 Å². The molecular formula is C8H6BrNO3S. The van der Waals surface area contributed by atoms with Gasteiger partial charge >= 0.3 is 0 Å². The van der Waals surface area contributed by atoms with Crippen LogP contribution >= 0.6 is 15.9 Å². The molecule has 14 heavy (non-hydrogen) atoms. The fourth-order valence-corrected chi connectivity index (χ4v) is 2.74. The molecule has 0 saturated carbocycles. The number of halogens is 1. The van der Waals surface area contributed by atoms with Crippen LogP contribution in [0.2, 0.25) is 0 Å². The first-order valence-corrected chi connectivity index (χ1v) is 6.26. The number of carbonyl (C=O) groups excluding carboxylic acids is 1. The lowest BCUT2D eigenvalue weighted by atomic mass is 10.1. The smallest absolute Gasteiger partial charge is 0.240 e. The molecule has 1 aliphatic heterocycles. The largest absolute Gasteiger partial charge is 0.293 e. The van der Waals surface area contributed by atoms with Crippen LogP contribution in [0.5, 0.6) is 0 Å². The Morgan fingerprint density at radius 3 is 2.79 bits per heavy atom. The number of rotatable bonds is 0. The summed E-state index contributed by atoms with van der Waals surface area (Å²) in [5.41, 5.74) is 0.763. The summed E-state index contributed by atoms with van der Waals surface area (Å²) in [6, 6.07) is 4.85. The molecule has 0 spiro atoms. The van der Waals surface area contributed by atoms with Crippen molar-refractivity contribution in [3.63, 3.8) is 0 Å². The van der Waals surface area contributed by atoms with Crippen LogP contribution in [-0.4, -0.2) is 20.0 Å². The molecule has 2 rings (SSSR count). The summed E-state index contributed by atoms with van der Waals surface area (Å²) in [6.07, 6.45) is 0. The first-order chi connectivity index (χ1) is 6.48. The highest BCUT2D eigenvalue weighted by atomic mass is 79.9. The predicted octanol–water partition coefficient (Wildman–Crippen LogP) is 1.39. The van der Waals surface area contributed by atoms with E-state index in [4.69, 9.17) is 0 Å². The number of fused-ring (bicyclic) bond motifs is 1. The molecular weight excluding hydrogens is 270 g/mol. The van der Waals surface area contributed by atoms with Crippen LogP contribution in [0.25, 0.3) is 0 Å². The van der Waals surface area contributed by atoms with E-state index in [9.17, 15) is 13.2 Å². The molecule has 0 unspecified atom stereocenters. The Morgan fingerprint density at radius 2 is 2.07 bits per heavy atom. The van der Waals surface area contributed by atoms with E-state index in [1.807, 2.05) is 0 Å². The van der Waals surface area contributed by atoms with Crippen molar-refractivity contribution in [1.29, 1.82) is 0 Å². The summed E-state index contributed by atoms with van der Waals surface area (Å²) in [7, 11) is -3.47. The van der Waals surface area contributed by atoms with Crippen LogP contribution in [-0.2, 0) is 10.0 Å². The van der Waals surface area contributed by atoms with E-state index < -0.39 is 15.8 Å². The Labute approximate surface area is 89.5 Å². The molecule has 74 valence electrons. The zero-order valence-corrected chi connectivity index (χ0v) is 9.35. The Kier molecular flexibility index (Phi) is 2.11. The van der Waals surface area contributed by atoms with Crippen LogP contribution in [0, 0.1) is 0 Å². The van der Waals surface area contributed by atoms with Crippen molar-refractivity contribution in [2.24, 2.45) is 0 Å². The second-order valence-electron chi connectivity index (χ2n) is 2.97. The maximum Gasteiger partial charge on any atom is 0.240 e. The highest BCUT2D eigenvalue weighted by Gasteiger charge is 2.26. The van der Waals surface area contributed by atoms with Gasteiger partial charge in [0.25, 0.3) is 0 Å². The monoisotopic (exact) mass is 275 g/mol. The number of anilines is 1. The van der Waals surface area contributed by atoms with E-state index in [1.54, 1.807) is 18.2 Å². The second kappa shape index (κ2) is 3.06. The van der Waals surface area contributed by atoms with E-state index >= 15 is 0 Å². The average molecular weight is 276 g/mol. The lowest BCUT2D eigenvalue weighted by Crippen LogP contribution is -2.29. The number of Topliss-reactive ketones (excluding diaryl/α,β-unsaturated/α-hetero) is 1. The van der Waals surface area contributed by atoms with Crippen molar-refractivity contribution in [3.8, 4) is 0 Å². The van der Waals surface area contributed by atoms with Crippen LogP contribution in [0.1, 0.15) is 10.4 Å². The van der Waals surface area contributed by atoms with E-state index in [1.165, 1.54) is 0 Å². The molecule has 0 saturated heterocycles. The highest BCUT2D eigenvalue weighted by Crippen LogP contribution is 2.26. The maximum absolute atomic E-state index is 11.4. The second-order valence-corrected chi connectivity index (χ2v) is 5.61. The normalized spacial score (nSPS) is 18.5. The number of benzene rings is 1. The van der Waals surface area contributed by atoms with Crippen molar-refractivity contribution < 1.29 is 13.2 Å². The first kappa shape index (κ1) is 9.67. The van der Waals surface area contributed by atoms with Gasteiger partial charge in [0.05, 0.1) is 5.69 Å². The number of ketones is 1. The molecule has 0 amide bonds. The minimum atomic E-state index is -3.47. The van der Waals surface area contributed by atoms with Crippen LogP contribution in [0.3, 0.4) is 0 Å². The third kappa shape index (κ3) is 1.67. The number of carbonyl (C=O) groups is 1. The predicted molar refractivity (Wildman–Crippen MR) is 55.9 cm³/mol. The zero-order chi connectivity index (χ0) is 10.3. The number of hydrogen-bond acceptors (Lipinski definition) is 3. The van der Waals surface area contributed by atoms with Crippen molar-refractivity contribution >= 4 is 37.4 Å². The minimum Gasteiger partial charge on any atom is -0.293 e. The van der Waals surface area contributed by atoms with Gasteiger partial charge in [-0.25, -0.2) is 8.42 Å². The summed E-state index contributed by atoms with van der Waals surface area (Å²) in [5, 5.41) is 0. The number of sulfonamides is 1. The maximum atomic E-state index is 11.4. The highest BCUT2D eigenvalue weighted by molar-refractivity contribution is 9.10. The van der Waals surface area contributed by atoms with E-state index in [0.717, 1.165) is 4.47 Å². The van der Waals surface area contributed by atoms with Gasteiger partial charge in [0.1, 0.15) is 5.75 Å². The van der Waals surface area contributed by atoms with Crippen molar-refractivity contribution in [2.45, 2.75) is 0 Å². The number of nitrogens with one attached hydrogen (secondary N) is 1.